The largest absolute Gasteiger partial charge is 0.493 e. The maximum atomic E-state index is 14.2. The first kappa shape index (κ1) is 23.7. The third-order valence-corrected chi connectivity index (χ3v) is 6.62. The molecule has 1 fully saturated rings. The van der Waals surface area contributed by atoms with E-state index in [0.717, 1.165) is 42.0 Å². The second-order valence-electron chi connectivity index (χ2n) is 7.55. The van der Waals surface area contributed by atoms with Gasteiger partial charge >= 0.3 is 0 Å². The maximum Gasteiger partial charge on any atom is 0.167 e. The fourth-order valence-electron chi connectivity index (χ4n) is 3.68. The van der Waals surface area contributed by atoms with Gasteiger partial charge in [0.25, 0.3) is 0 Å². The molecule has 1 saturated heterocycles. The molecule has 0 amide bonds. The third kappa shape index (κ3) is 5.72. The van der Waals surface area contributed by atoms with Crippen molar-refractivity contribution in [1.82, 2.24) is 0 Å². The zero-order valence-electron chi connectivity index (χ0n) is 18.2. The normalized spacial score (nSPS) is 13.6. The van der Waals surface area contributed by atoms with Crippen LogP contribution in [-0.4, -0.2) is 33.4 Å². The zero-order valence-corrected chi connectivity index (χ0v) is 20.6. The molecule has 0 spiro atoms. The van der Waals surface area contributed by atoms with Crippen molar-refractivity contribution >= 4 is 38.9 Å². The number of nitrogens with one attached hydrogen (secondary N) is 1. The molecule has 0 atom stereocenters. The van der Waals surface area contributed by atoms with Crippen molar-refractivity contribution in [1.29, 1.82) is 0 Å². The number of benzene rings is 3. The van der Waals surface area contributed by atoms with E-state index in [0.29, 0.717) is 28.6 Å². The van der Waals surface area contributed by atoms with Gasteiger partial charge in [0.05, 0.1) is 25.3 Å². The topological polar surface area (TPSA) is 43.0 Å². The molecule has 3 aromatic rings. The van der Waals surface area contributed by atoms with Crippen LogP contribution in [0.2, 0.25) is 5.02 Å². The lowest BCUT2D eigenvalue weighted by Gasteiger charge is -2.29. The van der Waals surface area contributed by atoms with Crippen molar-refractivity contribution in [3.8, 4) is 11.5 Å². The van der Waals surface area contributed by atoms with Gasteiger partial charge in [-0.05, 0) is 48.5 Å². The van der Waals surface area contributed by atoms with Gasteiger partial charge in [-0.1, -0.05) is 33.6 Å². The number of rotatable bonds is 8. The Balaban J connectivity index is 1.50. The second kappa shape index (κ2) is 11.1. The van der Waals surface area contributed by atoms with Gasteiger partial charge in [-0.25, -0.2) is 4.39 Å². The summed E-state index contributed by atoms with van der Waals surface area (Å²) >= 11 is 9.78. The van der Waals surface area contributed by atoms with Crippen LogP contribution in [0.4, 0.5) is 15.8 Å². The highest BCUT2D eigenvalue weighted by Crippen LogP contribution is 2.38. The summed E-state index contributed by atoms with van der Waals surface area (Å²) in [5, 5.41) is 3.76. The molecule has 0 radical (unpaired) electrons. The average molecular weight is 536 g/mol. The van der Waals surface area contributed by atoms with Crippen molar-refractivity contribution in [3.05, 3.63) is 81.0 Å². The lowest BCUT2D eigenvalue weighted by atomic mass is 10.1. The molecule has 1 heterocycles. The van der Waals surface area contributed by atoms with E-state index in [1.165, 1.54) is 11.8 Å². The minimum absolute atomic E-state index is 0.0143. The lowest BCUT2D eigenvalue weighted by Crippen LogP contribution is -2.36. The van der Waals surface area contributed by atoms with Crippen LogP contribution < -0.4 is 19.7 Å². The van der Waals surface area contributed by atoms with E-state index in [4.69, 9.17) is 25.8 Å². The fraction of sp³-hybridized carbons (Fsp3) is 0.280. The number of hydrogen-bond donors (Lipinski definition) is 1. The Bertz CT molecular complexity index is 1070. The minimum atomic E-state index is -0.406. The van der Waals surface area contributed by atoms with Gasteiger partial charge in [-0.3, -0.25) is 0 Å². The monoisotopic (exact) mass is 534 g/mol. The number of methoxy groups -OCH3 is 1. The van der Waals surface area contributed by atoms with Gasteiger partial charge in [-0.2, -0.15) is 0 Å². The van der Waals surface area contributed by atoms with Crippen molar-refractivity contribution < 1.29 is 18.6 Å². The molecule has 8 heteroatoms. The summed E-state index contributed by atoms with van der Waals surface area (Å²) in [5.74, 6) is 0.685. The smallest absolute Gasteiger partial charge is 0.167 e. The molecule has 1 aliphatic rings. The van der Waals surface area contributed by atoms with Gasteiger partial charge in [0.15, 0.2) is 11.5 Å². The average Bonchev–Trinajstić information content (AvgIpc) is 2.84. The summed E-state index contributed by atoms with van der Waals surface area (Å²) in [6.45, 7) is 3.77. The van der Waals surface area contributed by atoms with Gasteiger partial charge < -0.3 is 24.4 Å². The SMILES string of the molecule is COc1ccc(Br)c(CNc2ccc(N3CCOCC3)cc2)c1OCc1c(F)cccc1Cl. The molecule has 0 bridgehead atoms. The molecule has 5 nitrogen and oxygen atoms in total. The predicted octanol–water partition coefficient (Wildman–Crippen LogP) is 6.28. The maximum absolute atomic E-state index is 14.2. The molecule has 0 aliphatic carbocycles. The molecule has 174 valence electrons. The summed E-state index contributed by atoms with van der Waals surface area (Å²) in [6, 6.07) is 16.6. The molecule has 1 aliphatic heterocycles. The van der Waals surface area contributed by atoms with Crippen LogP contribution in [0.5, 0.6) is 11.5 Å². The molecule has 1 N–H and O–H groups in total. The first-order valence-corrected chi connectivity index (χ1v) is 11.8. The zero-order chi connectivity index (χ0) is 23.2. The highest BCUT2D eigenvalue weighted by molar-refractivity contribution is 9.10. The van der Waals surface area contributed by atoms with Gasteiger partial charge in [-0.15, -0.1) is 0 Å². The summed E-state index contributed by atoms with van der Waals surface area (Å²) in [6.07, 6.45) is 0. The Kier molecular flexibility index (Phi) is 7.96. The van der Waals surface area contributed by atoms with Crippen molar-refractivity contribution in [3.63, 3.8) is 0 Å². The molecular weight excluding hydrogens is 511 g/mol. The second-order valence-corrected chi connectivity index (χ2v) is 8.81. The Morgan fingerprint density at radius 3 is 2.52 bits per heavy atom. The summed E-state index contributed by atoms with van der Waals surface area (Å²) in [7, 11) is 1.58. The number of nitrogens with zero attached hydrogens (tertiary/aromatic N) is 1. The van der Waals surface area contributed by atoms with Crippen molar-refractivity contribution in [2.75, 3.05) is 43.6 Å². The standard InChI is InChI=1S/C25H25BrClFN2O3/c1-31-24-10-9-21(26)19(25(24)33-16-20-22(27)3-2-4-23(20)28)15-29-17-5-7-18(8-6-17)30-11-13-32-14-12-30/h2-10,29H,11-16H2,1H3. The fourth-order valence-corrected chi connectivity index (χ4v) is 4.35. The molecular formula is C25H25BrClFN2O3. The van der Waals surface area contributed by atoms with Crippen molar-refractivity contribution in [2.45, 2.75) is 13.2 Å². The van der Waals surface area contributed by atoms with Crippen LogP contribution >= 0.6 is 27.5 Å². The van der Waals surface area contributed by atoms with Crippen LogP contribution in [0, 0.1) is 5.82 Å². The Morgan fingerprint density at radius 1 is 1.06 bits per heavy atom. The molecule has 0 unspecified atom stereocenters. The van der Waals surface area contributed by atoms with E-state index < -0.39 is 5.82 Å². The van der Waals surface area contributed by atoms with E-state index in [9.17, 15) is 4.39 Å². The highest BCUT2D eigenvalue weighted by atomic mass is 79.9. The summed E-state index contributed by atoms with van der Waals surface area (Å²) in [4.78, 5) is 2.31. The van der Waals surface area contributed by atoms with Crippen LogP contribution in [0.3, 0.4) is 0 Å². The van der Waals surface area contributed by atoms with Gasteiger partial charge in [0.2, 0.25) is 0 Å². The van der Waals surface area contributed by atoms with Gasteiger partial charge in [0, 0.05) is 46.6 Å². The molecule has 33 heavy (non-hydrogen) atoms. The molecule has 0 aromatic heterocycles. The summed E-state index contributed by atoms with van der Waals surface area (Å²) in [5.41, 5.74) is 3.32. The number of ether oxygens (including phenoxy) is 3. The molecule has 3 aromatic carbocycles. The lowest BCUT2D eigenvalue weighted by molar-refractivity contribution is 0.122. The van der Waals surface area contributed by atoms with Crippen LogP contribution in [0.1, 0.15) is 11.1 Å². The quantitative estimate of drug-likeness (QED) is 0.368. The van der Waals surface area contributed by atoms with Crippen LogP contribution in [-0.2, 0) is 17.9 Å². The Labute approximate surface area is 206 Å². The molecule has 4 rings (SSSR count). The predicted molar refractivity (Wildman–Crippen MR) is 133 cm³/mol. The number of hydrogen-bond acceptors (Lipinski definition) is 5. The van der Waals surface area contributed by atoms with E-state index >= 15 is 0 Å². The van der Waals surface area contributed by atoms with Gasteiger partial charge in [0.1, 0.15) is 12.4 Å². The highest BCUT2D eigenvalue weighted by Gasteiger charge is 2.17. The summed E-state index contributed by atoms with van der Waals surface area (Å²) < 4.78 is 32.1. The number of halogens is 3. The van der Waals surface area contributed by atoms with E-state index in [-0.39, 0.29) is 6.61 Å². The third-order valence-electron chi connectivity index (χ3n) is 5.52. The Morgan fingerprint density at radius 2 is 1.82 bits per heavy atom. The van der Waals surface area contributed by atoms with Crippen LogP contribution in [0.15, 0.2) is 59.1 Å². The number of anilines is 2. The van der Waals surface area contributed by atoms with E-state index in [2.05, 4.69) is 50.4 Å². The first-order chi connectivity index (χ1) is 16.1. The first-order valence-electron chi connectivity index (χ1n) is 10.6. The van der Waals surface area contributed by atoms with E-state index in [1.54, 1.807) is 19.2 Å². The minimum Gasteiger partial charge on any atom is -0.493 e. The van der Waals surface area contributed by atoms with E-state index in [1.807, 2.05) is 12.1 Å². The molecule has 0 saturated carbocycles. The Hall–Kier alpha value is -2.48. The van der Waals surface area contributed by atoms with Crippen LogP contribution in [0.25, 0.3) is 0 Å². The number of morpholine rings is 1. The van der Waals surface area contributed by atoms with Crippen molar-refractivity contribution in [2.24, 2.45) is 0 Å².